The van der Waals surface area contributed by atoms with Gasteiger partial charge in [-0.3, -0.25) is 0 Å². The number of aliphatic hydroxyl groups excluding tert-OH is 1. The first-order valence-electron chi connectivity index (χ1n) is 8.34. The van der Waals surface area contributed by atoms with Gasteiger partial charge < -0.3 is 15.7 Å². The minimum Gasteiger partial charge on any atom is -0.393 e. The van der Waals surface area contributed by atoms with Gasteiger partial charge in [0.05, 0.1) is 12.6 Å². The maximum absolute atomic E-state index is 12.2. The van der Waals surface area contributed by atoms with Crippen LogP contribution in [0.25, 0.3) is 0 Å². The van der Waals surface area contributed by atoms with Crippen LogP contribution >= 0.6 is 0 Å². The minimum absolute atomic E-state index is 0.221. The van der Waals surface area contributed by atoms with Crippen molar-refractivity contribution in [3.05, 3.63) is 42.5 Å². The molecule has 0 aliphatic heterocycles. The highest BCUT2D eigenvalue weighted by Crippen LogP contribution is 2.23. The number of hydrogen-bond acceptors (Lipinski definition) is 4. The molecule has 1 aromatic heterocycles. The first kappa shape index (κ1) is 16.4. The summed E-state index contributed by atoms with van der Waals surface area (Å²) in [6, 6.07) is 7.42. The molecule has 7 nitrogen and oxygen atoms in total. The molecule has 2 atom stereocenters. The van der Waals surface area contributed by atoms with E-state index in [2.05, 4.69) is 20.7 Å². The number of benzene rings is 1. The molecule has 24 heavy (non-hydrogen) atoms. The Morgan fingerprint density at radius 3 is 3.00 bits per heavy atom. The van der Waals surface area contributed by atoms with Gasteiger partial charge in [-0.05, 0) is 36.8 Å². The Labute approximate surface area is 141 Å². The standard InChI is InChI=1S/C17H23N5O2/c23-15-6-3-4-13(8-15)9-19-17(24)21-16-7-2-1-5-14(16)10-22-12-18-11-20-22/h1-2,5,7,11-13,15,23H,3-4,6,8-10H2,(H2,19,21,24). The molecule has 3 rings (SSSR count). The van der Waals surface area contributed by atoms with Crippen LogP contribution in [0, 0.1) is 5.92 Å². The normalized spacial score (nSPS) is 20.5. The Balaban J connectivity index is 1.54. The van der Waals surface area contributed by atoms with E-state index in [0.717, 1.165) is 36.9 Å². The first-order valence-corrected chi connectivity index (χ1v) is 8.34. The number of urea groups is 1. The van der Waals surface area contributed by atoms with E-state index in [9.17, 15) is 9.90 Å². The highest BCUT2D eigenvalue weighted by atomic mass is 16.3. The molecule has 7 heteroatoms. The summed E-state index contributed by atoms with van der Waals surface area (Å²) >= 11 is 0. The maximum Gasteiger partial charge on any atom is 0.319 e. The fourth-order valence-corrected chi connectivity index (χ4v) is 3.12. The number of rotatable bonds is 5. The van der Waals surface area contributed by atoms with Crippen LogP contribution in [-0.2, 0) is 6.54 Å². The minimum atomic E-state index is -0.225. The lowest BCUT2D eigenvalue weighted by Crippen LogP contribution is -2.35. The summed E-state index contributed by atoms with van der Waals surface area (Å²) in [6.45, 7) is 1.14. The smallest absolute Gasteiger partial charge is 0.319 e. The molecular formula is C17H23N5O2. The third-order valence-corrected chi connectivity index (χ3v) is 4.37. The molecule has 1 aliphatic carbocycles. The number of para-hydroxylation sites is 1. The molecule has 3 N–H and O–H groups in total. The molecule has 1 fully saturated rings. The second-order valence-corrected chi connectivity index (χ2v) is 6.27. The van der Waals surface area contributed by atoms with Crippen LogP contribution in [0.1, 0.15) is 31.2 Å². The summed E-state index contributed by atoms with van der Waals surface area (Å²) in [5, 5.41) is 19.6. The fourth-order valence-electron chi connectivity index (χ4n) is 3.12. The summed E-state index contributed by atoms with van der Waals surface area (Å²) in [7, 11) is 0. The van der Waals surface area contributed by atoms with E-state index in [0.29, 0.717) is 19.0 Å². The summed E-state index contributed by atoms with van der Waals surface area (Å²) in [6.07, 6.45) is 6.63. The van der Waals surface area contributed by atoms with Crippen molar-refractivity contribution in [1.82, 2.24) is 20.1 Å². The Kier molecular flexibility index (Phi) is 5.43. The van der Waals surface area contributed by atoms with Crippen LogP contribution in [-0.4, -0.2) is 38.6 Å². The lowest BCUT2D eigenvalue weighted by molar-refractivity contribution is 0.101. The molecule has 1 aromatic carbocycles. The Morgan fingerprint density at radius 1 is 1.33 bits per heavy atom. The highest BCUT2D eigenvalue weighted by Gasteiger charge is 2.20. The zero-order valence-corrected chi connectivity index (χ0v) is 13.6. The van der Waals surface area contributed by atoms with Gasteiger partial charge in [0.15, 0.2) is 0 Å². The Morgan fingerprint density at radius 2 is 2.21 bits per heavy atom. The first-order chi connectivity index (χ1) is 11.7. The second-order valence-electron chi connectivity index (χ2n) is 6.27. The number of carbonyl (C=O) groups is 1. The van der Waals surface area contributed by atoms with Gasteiger partial charge >= 0.3 is 6.03 Å². The molecule has 1 saturated carbocycles. The molecule has 2 amide bonds. The van der Waals surface area contributed by atoms with E-state index in [1.807, 2.05) is 24.3 Å². The average molecular weight is 329 g/mol. The molecule has 2 aromatic rings. The molecule has 128 valence electrons. The lowest BCUT2D eigenvalue weighted by atomic mass is 9.87. The van der Waals surface area contributed by atoms with Gasteiger partial charge in [0.2, 0.25) is 0 Å². The van der Waals surface area contributed by atoms with Crippen LogP contribution in [0.2, 0.25) is 0 Å². The van der Waals surface area contributed by atoms with Gasteiger partial charge in [-0.15, -0.1) is 0 Å². The summed E-state index contributed by atoms with van der Waals surface area (Å²) < 4.78 is 1.71. The van der Waals surface area contributed by atoms with Crippen molar-refractivity contribution in [2.45, 2.75) is 38.3 Å². The Bertz CT molecular complexity index is 659. The topological polar surface area (TPSA) is 92.1 Å². The Hall–Kier alpha value is -2.41. The van der Waals surface area contributed by atoms with E-state index < -0.39 is 0 Å². The second kappa shape index (κ2) is 7.92. The number of hydrogen-bond donors (Lipinski definition) is 3. The van der Waals surface area contributed by atoms with Gasteiger partial charge in [-0.2, -0.15) is 5.10 Å². The number of nitrogens with one attached hydrogen (secondary N) is 2. The highest BCUT2D eigenvalue weighted by molar-refractivity contribution is 5.90. The zero-order valence-electron chi connectivity index (χ0n) is 13.6. The predicted octanol–water partition coefficient (Wildman–Crippen LogP) is 2.00. The van der Waals surface area contributed by atoms with Crippen LogP contribution in [0.3, 0.4) is 0 Å². The average Bonchev–Trinajstić information content (AvgIpc) is 3.08. The SMILES string of the molecule is O=C(NCC1CCCC(O)C1)Nc1ccccc1Cn1cncn1. The third-order valence-electron chi connectivity index (χ3n) is 4.37. The van der Waals surface area contributed by atoms with Crippen LogP contribution in [0.5, 0.6) is 0 Å². The van der Waals surface area contributed by atoms with Crippen molar-refractivity contribution in [2.75, 3.05) is 11.9 Å². The predicted molar refractivity (Wildman–Crippen MR) is 90.6 cm³/mol. The quantitative estimate of drug-likeness (QED) is 0.782. The van der Waals surface area contributed by atoms with E-state index in [1.54, 1.807) is 11.0 Å². The van der Waals surface area contributed by atoms with E-state index >= 15 is 0 Å². The van der Waals surface area contributed by atoms with Gasteiger partial charge in [0, 0.05) is 12.2 Å². The number of aliphatic hydroxyl groups is 1. The van der Waals surface area contributed by atoms with Crippen LogP contribution in [0.15, 0.2) is 36.9 Å². The summed E-state index contributed by atoms with van der Waals surface area (Å²) in [4.78, 5) is 16.1. The van der Waals surface area contributed by atoms with Crippen molar-refractivity contribution in [3.63, 3.8) is 0 Å². The number of nitrogens with zero attached hydrogens (tertiary/aromatic N) is 3. The molecular weight excluding hydrogens is 306 g/mol. The molecule has 0 saturated heterocycles. The fraction of sp³-hybridized carbons (Fsp3) is 0.471. The van der Waals surface area contributed by atoms with Gasteiger partial charge in [0.1, 0.15) is 12.7 Å². The number of carbonyl (C=O) groups excluding carboxylic acids is 1. The molecule has 1 heterocycles. The van der Waals surface area contributed by atoms with E-state index in [4.69, 9.17) is 0 Å². The van der Waals surface area contributed by atoms with Crippen molar-refractivity contribution in [3.8, 4) is 0 Å². The molecule has 1 aliphatic rings. The van der Waals surface area contributed by atoms with E-state index in [-0.39, 0.29) is 12.1 Å². The number of anilines is 1. The number of amides is 2. The molecule has 0 spiro atoms. The number of aromatic nitrogens is 3. The van der Waals surface area contributed by atoms with Crippen molar-refractivity contribution in [2.24, 2.45) is 5.92 Å². The van der Waals surface area contributed by atoms with Crippen LogP contribution in [0.4, 0.5) is 10.5 Å². The van der Waals surface area contributed by atoms with Crippen molar-refractivity contribution in [1.29, 1.82) is 0 Å². The van der Waals surface area contributed by atoms with Gasteiger partial charge in [-0.1, -0.05) is 24.6 Å². The monoisotopic (exact) mass is 329 g/mol. The van der Waals surface area contributed by atoms with Crippen molar-refractivity contribution < 1.29 is 9.90 Å². The zero-order chi connectivity index (χ0) is 16.8. The van der Waals surface area contributed by atoms with Crippen molar-refractivity contribution >= 4 is 11.7 Å². The molecule has 0 radical (unpaired) electrons. The lowest BCUT2D eigenvalue weighted by Gasteiger charge is -2.26. The van der Waals surface area contributed by atoms with Crippen LogP contribution < -0.4 is 10.6 Å². The van der Waals surface area contributed by atoms with Gasteiger partial charge in [0.25, 0.3) is 0 Å². The summed E-state index contributed by atoms with van der Waals surface area (Å²) in [5.41, 5.74) is 1.72. The van der Waals surface area contributed by atoms with Gasteiger partial charge in [-0.25, -0.2) is 14.5 Å². The summed E-state index contributed by atoms with van der Waals surface area (Å²) in [5.74, 6) is 0.352. The maximum atomic E-state index is 12.2. The molecule has 2 unspecified atom stereocenters. The largest absolute Gasteiger partial charge is 0.393 e. The van der Waals surface area contributed by atoms with E-state index in [1.165, 1.54) is 6.33 Å². The molecule has 0 bridgehead atoms. The third kappa shape index (κ3) is 4.55.